The van der Waals surface area contributed by atoms with Gasteiger partial charge >= 0.3 is 0 Å². The predicted octanol–water partition coefficient (Wildman–Crippen LogP) is 0.0344. The van der Waals surface area contributed by atoms with Gasteiger partial charge in [-0.25, -0.2) is 9.97 Å². The van der Waals surface area contributed by atoms with Crippen LogP contribution in [-0.2, 0) is 9.59 Å². The Morgan fingerprint density at radius 1 is 0.955 bits per heavy atom. The highest BCUT2D eigenvalue weighted by molar-refractivity contribution is 5.87. The number of hydrogen-bond donors (Lipinski definition) is 4. The molecule has 0 saturated carbocycles. The molecule has 10 heteroatoms. The minimum atomic E-state index is -0.212. The summed E-state index contributed by atoms with van der Waals surface area (Å²) in [5.74, 6) is 0.751. The fraction of sp³-hybridized carbons (Fsp3) is 0.167. The molecular weight excluding hydrogens is 288 g/mol. The summed E-state index contributed by atoms with van der Waals surface area (Å²) in [5.41, 5.74) is 10.6. The van der Waals surface area contributed by atoms with Gasteiger partial charge in [0.2, 0.25) is 23.7 Å². The van der Waals surface area contributed by atoms with Crippen LogP contribution in [0.15, 0.2) is 24.5 Å². The second-order valence-corrected chi connectivity index (χ2v) is 3.97. The summed E-state index contributed by atoms with van der Waals surface area (Å²) in [6.45, 7) is 2.78. The second-order valence-electron chi connectivity index (χ2n) is 3.97. The van der Waals surface area contributed by atoms with Crippen LogP contribution in [0.5, 0.6) is 0 Å². The SMILES string of the molecule is CC(=O)Nc1ccnc(N)n1.CC(=O)Nc1nccc(N)n1. The number of nitrogen functional groups attached to an aromatic ring is 2. The lowest BCUT2D eigenvalue weighted by Gasteiger charge is -1.99. The van der Waals surface area contributed by atoms with Gasteiger partial charge in [0.25, 0.3) is 0 Å². The van der Waals surface area contributed by atoms with Gasteiger partial charge in [-0.2, -0.15) is 9.97 Å². The molecule has 0 aliphatic heterocycles. The Balaban J connectivity index is 0.000000220. The first-order chi connectivity index (χ1) is 10.4. The number of hydrogen-bond acceptors (Lipinski definition) is 8. The summed E-state index contributed by atoms with van der Waals surface area (Å²) in [5, 5.41) is 4.88. The molecule has 0 unspecified atom stereocenters. The van der Waals surface area contributed by atoms with Crippen molar-refractivity contribution in [2.24, 2.45) is 0 Å². The fourth-order valence-corrected chi connectivity index (χ4v) is 1.21. The number of aromatic nitrogens is 4. The van der Waals surface area contributed by atoms with E-state index in [-0.39, 0.29) is 23.7 Å². The first kappa shape index (κ1) is 16.8. The molecule has 0 spiro atoms. The highest BCUT2D eigenvalue weighted by Gasteiger charge is 1.97. The zero-order valence-electron chi connectivity index (χ0n) is 12.1. The molecule has 2 aromatic rings. The molecule has 6 N–H and O–H groups in total. The molecule has 2 aromatic heterocycles. The Bertz CT molecular complexity index is 604. The van der Waals surface area contributed by atoms with E-state index >= 15 is 0 Å². The van der Waals surface area contributed by atoms with E-state index in [0.717, 1.165) is 0 Å². The zero-order valence-corrected chi connectivity index (χ0v) is 12.1. The van der Waals surface area contributed by atoms with E-state index in [1.165, 1.54) is 26.2 Å². The average molecular weight is 304 g/mol. The van der Waals surface area contributed by atoms with Crippen molar-refractivity contribution in [1.29, 1.82) is 0 Å². The molecular formula is C12H16N8O2. The van der Waals surface area contributed by atoms with Crippen LogP contribution in [0, 0.1) is 0 Å². The van der Waals surface area contributed by atoms with Crippen molar-refractivity contribution in [3.63, 3.8) is 0 Å². The van der Waals surface area contributed by atoms with Gasteiger partial charge in [-0.1, -0.05) is 0 Å². The van der Waals surface area contributed by atoms with Crippen molar-refractivity contribution in [3.8, 4) is 0 Å². The minimum absolute atomic E-state index is 0.149. The predicted molar refractivity (Wildman–Crippen MR) is 81.5 cm³/mol. The smallest absolute Gasteiger partial charge is 0.231 e. The molecule has 0 aliphatic rings. The van der Waals surface area contributed by atoms with Gasteiger partial charge < -0.3 is 16.8 Å². The summed E-state index contributed by atoms with van der Waals surface area (Å²) in [6.07, 6.45) is 2.96. The summed E-state index contributed by atoms with van der Waals surface area (Å²) >= 11 is 0. The van der Waals surface area contributed by atoms with Gasteiger partial charge in [0.1, 0.15) is 11.6 Å². The largest absolute Gasteiger partial charge is 0.384 e. The van der Waals surface area contributed by atoms with Gasteiger partial charge in [0, 0.05) is 26.2 Å². The van der Waals surface area contributed by atoms with Crippen LogP contribution in [-0.4, -0.2) is 31.8 Å². The van der Waals surface area contributed by atoms with Crippen LogP contribution in [0.3, 0.4) is 0 Å². The number of nitrogens with two attached hydrogens (primary N) is 2. The van der Waals surface area contributed by atoms with E-state index in [4.69, 9.17) is 11.5 Å². The number of nitrogens with zero attached hydrogens (tertiary/aromatic N) is 4. The van der Waals surface area contributed by atoms with Gasteiger partial charge in [-0.05, 0) is 12.1 Å². The third-order valence-corrected chi connectivity index (χ3v) is 1.94. The zero-order chi connectivity index (χ0) is 16.5. The molecule has 2 rings (SSSR count). The third kappa shape index (κ3) is 6.75. The Hall–Kier alpha value is -3.30. The second kappa shape index (κ2) is 8.09. The fourth-order valence-electron chi connectivity index (χ4n) is 1.21. The summed E-state index contributed by atoms with van der Waals surface area (Å²) in [7, 11) is 0. The normalized spacial score (nSPS) is 9.18. The number of carbonyl (C=O) groups excluding carboxylic acids is 2. The monoisotopic (exact) mass is 304 g/mol. The van der Waals surface area contributed by atoms with Gasteiger partial charge in [0.15, 0.2) is 0 Å². The quantitative estimate of drug-likeness (QED) is 0.604. The van der Waals surface area contributed by atoms with Crippen LogP contribution in [0.25, 0.3) is 0 Å². The van der Waals surface area contributed by atoms with E-state index in [2.05, 4.69) is 30.6 Å². The van der Waals surface area contributed by atoms with Crippen LogP contribution in [0.2, 0.25) is 0 Å². The Morgan fingerprint density at radius 2 is 1.59 bits per heavy atom. The van der Waals surface area contributed by atoms with E-state index in [0.29, 0.717) is 11.6 Å². The maximum Gasteiger partial charge on any atom is 0.231 e. The first-order valence-corrected chi connectivity index (χ1v) is 6.09. The molecule has 116 valence electrons. The molecule has 0 radical (unpaired) electrons. The lowest BCUT2D eigenvalue weighted by molar-refractivity contribution is -0.115. The van der Waals surface area contributed by atoms with Crippen molar-refractivity contribution < 1.29 is 9.59 Å². The molecule has 2 heterocycles. The summed E-state index contributed by atoms with van der Waals surface area (Å²) < 4.78 is 0. The van der Waals surface area contributed by atoms with E-state index in [1.54, 1.807) is 12.1 Å². The maximum atomic E-state index is 10.5. The molecule has 10 nitrogen and oxygen atoms in total. The molecule has 0 aliphatic carbocycles. The topological polar surface area (TPSA) is 162 Å². The van der Waals surface area contributed by atoms with Gasteiger partial charge in [0.05, 0.1) is 0 Å². The van der Waals surface area contributed by atoms with E-state index < -0.39 is 0 Å². The Kier molecular flexibility index (Phi) is 6.16. The van der Waals surface area contributed by atoms with Crippen LogP contribution in [0.1, 0.15) is 13.8 Å². The minimum Gasteiger partial charge on any atom is -0.384 e. The number of nitrogens with one attached hydrogen (secondary N) is 2. The molecule has 0 saturated heterocycles. The summed E-state index contributed by atoms with van der Waals surface area (Å²) in [4.78, 5) is 35.9. The number of carbonyl (C=O) groups is 2. The summed E-state index contributed by atoms with van der Waals surface area (Å²) in [6, 6.07) is 3.11. The Labute approximate surface area is 126 Å². The molecule has 0 bridgehead atoms. The number of rotatable bonds is 2. The lowest BCUT2D eigenvalue weighted by atomic mass is 10.5. The molecule has 0 aromatic carbocycles. The molecule has 2 amide bonds. The highest BCUT2D eigenvalue weighted by atomic mass is 16.2. The van der Waals surface area contributed by atoms with Crippen molar-refractivity contribution in [2.75, 3.05) is 22.1 Å². The van der Waals surface area contributed by atoms with Crippen LogP contribution < -0.4 is 22.1 Å². The molecule has 22 heavy (non-hydrogen) atoms. The van der Waals surface area contributed by atoms with E-state index in [1.807, 2.05) is 0 Å². The van der Waals surface area contributed by atoms with Crippen molar-refractivity contribution in [1.82, 2.24) is 19.9 Å². The van der Waals surface area contributed by atoms with Crippen molar-refractivity contribution in [3.05, 3.63) is 24.5 Å². The van der Waals surface area contributed by atoms with E-state index in [9.17, 15) is 9.59 Å². The number of amides is 2. The first-order valence-electron chi connectivity index (χ1n) is 6.09. The highest BCUT2D eigenvalue weighted by Crippen LogP contribution is 2.01. The Morgan fingerprint density at radius 3 is 2.14 bits per heavy atom. The maximum absolute atomic E-state index is 10.5. The molecule has 0 atom stereocenters. The van der Waals surface area contributed by atoms with Gasteiger partial charge in [-0.3, -0.25) is 14.9 Å². The van der Waals surface area contributed by atoms with Crippen molar-refractivity contribution >= 4 is 35.3 Å². The van der Waals surface area contributed by atoms with Gasteiger partial charge in [-0.15, -0.1) is 0 Å². The average Bonchev–Trinajstić information content (AvgIpc) is 2.37. The lowest BCUT2D eigenvalue weighted by Crippen LogP contribution is -2.09. The third-order valence-electron chi connectivity index (χ3n) is 1.94. The molecule has 0 fully saturated rings. The van der Waals surface area contributed by atoms with Crippen LogP contribution >= 0.6 is 0 Å². The van der Waals surface area contributed by atoms with Crippen molar-refractivity contribution in [2.45, 2.75) is 13.8 Å². The standard InChI is InChI=1S/2C6H8N4O/c1-4(11)9-5-2-3-8-6(7)10-5;1-4(11)9-6-8-3-2-5(7)10-6/h2*2-3H,1H3,(H3,7,8,9,10,11). The number of anilines is 4. The van der Waals surface area contributed by atoms with Crippen LogP contribution in [0.4, 0.5) is 23.5 Å².